The van der Waals surface area contributed by atoms with Gasteiger partial charge < -0.3 is 0 Å². The van der Waals surface area contributed by atoms with Crippen molar-refractivity contribution in [1.82, 2.24) is 10.3 Å². The van der Waals surface area contributed by atoms with Crippen molar-refractivity contribution < 1.29 is 4.79 Å². The summed E-state index contributed by atoms with van der Waals surface area (Å²) in [6, 6.07) is 8.21. The lowest BCUT2D eigenvalue weighted by Gasteiger charge is -2.24. The Morgan fingerprint density at radius 3 is 2.76 bits per heavy atom. The fourth-order valence-corrected chi connectivity index (χ4v) is 1.94. The van der Waals surface area contributed by atoms with Crippen LogP contribution in [0.3, 0.4) is 0 Å². The molecule has 0 saturated carbocycles. The molecule has 0 saturated heterocycles. The predicted octanol–water partition coefficient (Wildman–Crippen LogP) is 1.65. The van der Waals surface area contributed by atoms with Crippen molar-refractivity contribution in [3.63, 3.8) is 0 Å². The second kappa shape index (κ2) is 6.74. The number of carbonyl (C=O) groups is 1. The summed E-state index contributed by atoms with van der Waals surface area (Å²) in [5.41, 5.74) is 3.35. The average molecular weight is 300 g/mol. The van der Waals surface area contributed by atoms with E-state index >= 15 is 0 Å². The van der Waals surface area contributed by atoms with Crippen molar-refractivity contribution >= 4 is 21.8 Å². The van der Waals surface area contributed by atoms with E-state index in [0.29, 0.717) is 6.42 Å². The average Bonchev–Trinajstić information content (AvgIpc) is 2.31. The normalized spacial score (nSPS) is 12.5. The lowest BCUT2D eigenvalue weighted by Crippen LogP contribution is -2.37. The number of hydrazine groups is 1. The van der Waals surface area contributed by atoms with E-state index < -0.39 is 0 Å². The fraction of sp³-hybridized carbons (Fsp3) is 0.417. The molecule has 17 heavy (non-hydrogen) atoms. The lowest BCUT2D eigenvalue weighted by atomic mass is 10.1. The summed E-state index contributed by atoms with van der Waals surface area (Å²) < 4.78 is 1.09. The van der Waals surface area contributed by atoms with Gasteiger partial charge in [-0.25, -0.2) is 5.84 Å². The van der Waals surface area contributed by atoms with E-state index in [9.17, 15) is 4.79 Å². The highest BCUT2D eigenvalue weighted by Gasteiger charge is 2.14. The van der Waals surface area contributed by atoms with Crippen LogP contribution >= 0.6 is 15.9 Å². The second-order valence-electron chi connectivity index (χ2n) is 4.13. The zero-order valence-corrected chi connectivity index (χ0v) is 11.7. The van der Waals surface area contributed by atoms with Gasteiger partial charge in [-0.15, -0.1) is 0 Å². The van der Waals surface area contributed by atoms with Crippen LogP contribution in [0.2, 0.25) is 0 Å². The summed E-state index contributed by atoms with van der Waals surface area (Å²) in [6.07, 6.45) is 0.400. The van der Waals surface area contributed by atoms with Gasteiger partial charge in [-0.2, -0.15) is 0 Å². The van der Waals surface area contributed by atoms with E-state index in [1.54, 1.807) is 0 Å². The number of nitrogens with zero attached hydrogens (tertiary/aromatic N) is 1. The number of nitrogens with two attached hydrogens (primary N) is 1. The molecule has 94 valence electrons. The van der Waals surface area contributed by atoms with Gasteiger partial charge in [0.1, 0.15) is 0 Å². The molecule has 0 aliphatic carbocycles. The van der Waals surface area contributed by atoms with Gasteiger partial charge in [-0.05, 0) is 25.6 Å². The van der Waals surface area contributed by atoms with E-state index in [1.807, 2.05) is 32.2 Å². The monoisotopic (exact) mass is 299 g/mol. The highest BCUT2D eigenvalue weighted by Crippen LogP contribution is 2.18. The SMILES string of the molecule is CC(CC(=O)NN)N(C)Cc1ccccc1Br. The molecule has 1 amide bonds. The first-order valence-corrected chi connectivity index (χ1v) is 6.27. The zero-order chi connectivity index (χ0) is 12.8. The Hall–Kier alpha value is -0.910. The zero-order valence-electron chi connectivity index (χ0n) is 10.1. The summed E-state index contributed by atoms with van der Waals surface area (Å²) in [6.45, 7) is 2.80. The molecule has 0 aromatic heterocycles. The molecule has 1 unspecified atom stereocenters. The maximum Gasteiger partial charge on any atom is 0.235 e. The minimum Gasteiger partial charge on any atom is -0.299 e. The van der Waals surface area contributed by atoms with Crippen LogP contribution in [0.15, 0.2) is 28.7 Å². The van der Waals surface area contributed by atoms with Gasteiger partial charge in [0.15, 0.2) is 0 Å². The van der Waals surface area contributed by atoms with Crippen molar-refractivity contribution in [2.45, 2.75) is 25.9 Å². The van der Waals surface area contributed by atoms with Crippen LogP contribution in [0.5, 0.6) is 0 Å². The van der Waals surface area contributed by atoms with Crippen molar-refractivity contribution in [3.05, 3.63) is 34.3 Å². The molecule has 0 aliphatic heterocycles. The summed E-state index contributed by atoms with van der Waals surface area (Å²) in [7, 11) is 1.99. The molecule has 0 fully saturated rings. The van der Waals surface area contributed by atoms with Gasteiger partial charge in [0.2, 0.25) is 5.91 Å². The molecule has 3 N–H and O–H groups in total. The van der Waals surface area contributed by atoms with Crippen LogP contribution in [0.4, 0.5) is 0 Å². The highest BCUT2D eigenvalue weighted by molar-refractivity contribution is 9.10. The van der Waals surface area contributed by atoms with Gasteiger partial charge in [0.05, 0.1) is 0 Å². The van der Waals surface area contributed by atoms with E-state index in [2.05, 4.69) is 32.3 Å². The molecular weight excluding hydrogens is 282 g/mol. The van der Waals surface area contributed by atoms with Crippen molar-refractivity contribution in [2.24, 2.45) is 5.84 Å². The maximum atomic E-state index is 11.2. The van der Waals surface area contributed by atoms with Gasteiger partial charge in [-0.3, -0.25) is 15.1 Å². The number of amides is 1. The predicted molar refractivity (Wildman–Crippen MR) is 72.0 cm³/mol. The number of benzene rings is 1. The first-order chi connectivity index (χ1) is 8.04. The quantitative estimate of drug-likeness (QED) is 0.494. The Morgan fingerprint density at radius 1 is 1.53 bits per heavy atom. The summed E-state index contributed by atoms with van der Waals surface area (Å²) in [5, 5.41) is 0. The highest BCUT2D eigenvalue weighted by atomic mass is 79.9. The largest absolute Gasteiger partial charge is 0.299 e. The van der Waals surface area contributed by atoms with Crippen LogP contribution in [0.1, 0.15) is 18.9 Å². The van der Waals surface area contributed by atoms with E-state index in [1.165, 1.54) is 5.56 Å². The van der Waals surface area contributed by atoms with Gasteiger partial charge in [-0.1, -0.05) is 34.1 Å². The van der Waals surface area contributed by atoms with Crippen LogP contribution < -0.4 is 11.3 Å². The molecule has 0 spiro atoms. The Labute approximate surface area is 110 Å². The van der Waals surface area contributed by atoms with Gasteiger partial charge >= 0.3 is 0 Å². The second-order valence-corrected chi connectivity index (χ2v) is 4.98. The standard InChI is InChI=1S/C12H18BrN3O/c1-9(7-12(17)15-14)16(2)8-10-5-3-4-6-11(10)13/h3-6,9H,7-8,14H2,1-2H3,(H,15,17). The third kappa shape index (κ3) is 4.46. The van der Waals surface area contributed by atoms with Crippen LogP contribution in [-0.2, 0) is 11.3 Å². The van der Waals surface area contributed by atoms with E-state index in [0.717, 1.165) is 11.0 Å². The lowest BCUT2D eigenvalue weighted by molar-refractivity contribution is -0.122. The number of nitrogens with one attached hydrogen (secondary N) is 1. The molecule has 1 aromatic rings. The smallest absolute Gasteiger partial charge is 0.235 e. The number of carbonyl (C=O) groups excluding carboxylic acids is 1. The van der Waals surface area contributed by atoms with Crippen LogP contribution in [0, 0.1) is 0 Å². The molecule has 0 aliphatic rings. The third-order valence-corrected chi connectivity index (χ3v) is 3.55. The Bertz CT molecular complexity index is 384. The van der Waals surface area contributed by atoms with Gasteiger partial charge in [0, 0.05) is 23.5 Å². The summed E-state index contributed by atoms with van der Waals surface area (Å²) in [4.78, 5) is 13.3. The summed E-state index contributed by atoms with van der Waals surface area (Å²) >= 11 is 3.51. The minimum absolute atomic E-state index is 0.142. The third-order valence-electron chi connectivity index (χ3n) is 2.77. The summed E-state index contributed by atoms with van der Waals surface area (Å²) in [5.74, 6) is 4.93. The molecule has 1 atom stereocenters. The first kappa shape index (κ1) is 14.2. The minimum atomic E-state index is -0.142. The Balaban J connectivity index is 2.57. The first-order valence-electron chi connectivity index (χ1n) is 5.47. The van der Waals surface area contributed by atoms with Crippen molar-refractivity contribution in [2.75, 3.05) is 7.05 Å². The van der Waals surface area contributed by atoms with Crippen molar-refractivity contribution in [1.29, 1.82) is 0 Å². The Morgan fingerprint density at radius 2 is 2.18 bits per heavy atom. The van der Waals surface area contributed by atoms with Crippen LogP contribution in [-0.4, -0.2) is 23.9 Å². The molecule has 1 rings (SSSR count). The molecule has 4 nitrogen and oxygen atoms in total. The molecular formula is C12H18BrN3O. The molecule has 0 bridgehead atoms. The topological polar surface area (TPSA) is 58.4 Å². The number of rotatable bonds is 5. The number of halogens is 1. The van der Waals surface area contributed by atoms with E-state index in [-0.39, 0.29) is 11.9 Å². The van der Waals surface area contributed by atoms with Crippen LogP contribution in [0.25, 0.3) is 0 Å². The fourth-order valence-electron chi connectivity index (χ4n) is 1.53. The maximum absolute atomic E-state index is 11.2. The van der Waals surface area contributed by atoms with E-state index in [4.69, 9.17) is 5.84 Å². The molecule has 0 radical (unpaired) electrons. The molecule has 1 aromatic carbocycles. The molecule has 5 heteroatoms. The number of hydrogen-bond acceptors (Lipinski definition) is 3. The Kier molecular flexibility index (Phi) is 5.61. The van der Waals surface area contributed by atoms with Crippen molar-refractivity contribution in [3.8, 4) is 0 Å². The number of hydrogen-bond donors (Lipinski definition) is 2. The van der Waals surface area contributed by atoms with Gasteiger partial charge in [0.25, 0.3) is 0 Å². The molecule has 0 heterocycles.